The van der Waals surface area contributed by atoms with Crippen LogP contribution in [0.4, 0.5) is 0 Å². The van der Waals surface area contributed by atoms with Crippen LogP contribution >= 0.6 is 0 Å². The van der Waals surface area contributed by atoms with Gasteiger partial charge in [-0.25, -0.2) is 0 Å². The number of rotatable bonds is 6. The van der Waals surface area contributed by atoms with Gasteiger partial charge in [0, 0.05) is 25.1 Å². The first-order chi connectivity index (χ1) is 13.5. The molecule has 0 bridgehead atoms. The van der Waals surface area contributed by atoms with E-state index in [0.717, 1.165) is 5.56 Å². The number of hydrogen-bond donors (Lipinski definition) is 2. The molecule has 3 rings (SSSR count). The summed E-state index contributed by atoms with van der Waals surface area (Å²) < 4.78 is 4.80. The Hall–Kier alpha value is -2.93. The van der Waals surface area contributed by atoms with E-state index in [1.807, 2.05) is 30.3 Å². The maximum atomic E-state index is 12.7. The van der Waals surface area contributed by atoms with E-state index < -0.39 is 12.1 Å². The van der Waals surface area contributed by atoms with Crippen molar-refractivity contribution in [3.8, 4) is 0 Å². The van der Waals surface area contributed by atoms with Crippen LogP contribution in [-0.4, -0.2) is 46.2 Å². The number of nitrogens with one attached hydrogen (secondary N) is 1. The van der Waals surface area contributed by atoms with E-state index in [-0.39, 0.29) is 17.7 Å². The average Bonchev–Trinajstić information content (AvgIpc) is 3.21. The normalized spacial score (nSPS) is 22.1. The Labute approximate surface area is 164 Å². The SMILES string of the molecule is CN(Cc1ccon1)C(=O)[C@H]1CC[C@@H](O)[C@H](NC(=O)/C=C/c2ccccc2)C1. The van der Waals surface area contributed by atoms with Crippen molar-refractivity contribution in [3.05, 3.63) is 60.0 Å². The molecule has 7 nitrogen and oxygen atoms in total. The number of hydrogen-bond acceptors (Lipinski definition) is 5. The zero-order valence-electron chi connectivity index (χ0n) is 15.8. The molecule has 0 spiro atoms. The summed E-state index contributed by atoms with van der Waals surface area (Å²) in [5.74, 6) is -0.547. The Kier molecular flexibility index (Phi) is 6.60. The van der Waals surface area contributed by atoms with Crippen LogP contribution in [0.1, 0.15) is 30.5 Å². The smallest absolute Gasteiger partial charge is 0.244 e. The molecule has 0 radical (unpaired) electrons. The molecule has 1 heterocycles. The van der Waals surface area contributed by atoms with Crippen molar-refractivity contribution < 1.29 is 19.2 Å². The van der Waals surface area contributed by atoms with Gasteiger partial charge in [-0.05, 0) is 30.9 Å². The van der Waals surface area contributed by atoms with E-state index in [4.69, 9.17) is 4.52 Å². The first kappa shape index (κ1) is 19.8. The molecule has 1 fully saturated rings. The number of benzene rings is 1. The Balaban J connectivity index is 1.55. The Bertz CT molecular complexity index is 804. The number of carbonyl (C=O) groups excluding carboxylic acids is 2. The van der Waals surface area contributed by atoms with Gasteiger partial charge in [0.15, 0.2) is 0 Å². The molecule has 0 aliphatic heterocycles. The third-order valence-electron chi connectivity index (χ3n) is 4.98. The van der Waals surface area contributed by atoms with Crippen molar-refractivity contribution in [2.24, 2.45) is 5.92 Å². The summed E-state index contributed by atoms with van der Waals surface area (Å²) in [6.45, 7) is 0.366. The highest BCUT2D eigenvalue weighted by Gasteiger charge is 2.34. The molecule has 2 amide bonds. The van der Waals surface area contributed by atoms with Gasteiger partial charge < -0.3 is 19.8 Å². The fourth-order valence-corrected chi connectivity index (χ4v) is 3.45. The van der Waals surface area contributed by atoms with Crippen molar-refractivity contribution in [3.63, 3.8) is 0 Å². The molecular formula is C21H25N3O4. The summed E-state index contributed by atoms with van der Waals surface area (Å²) in [6, 6.07) is 10.8. The van der Waals surface area contributed by atoms with Gasteiger partial charge in [0.1, 0.15) is 12.0 Å². The minimum absolute atomic E-state index is 0.0195. The summed E-state index contributed by atoms with van der Waals surface area (Å²) in [6.07, 6.45) is 5.46. The Morgan fingerprint density at radius 2 is 2.07 bits per heavy atom. The first-order valence-electron chi connectivity index (χ1n) is 9.39. The molecule has 7 heteroatoms. The van der Waals surface area contributed by atoms with E-state index >= 15 is 0 Å². The van der Waals surface area contributed by atoms with Crippen LogP contribution in [0, 0.1) is 5.92 Å². The van der Waals surface area contributed by atoms with Gasteiger partial charge in [0.2, 0.25) is 11.8 Å². The second-order valence-corrected chi connectivity index (χ2v) is 7.12. The zero-order chi connectivity index (χ0) is 19.9. The molecule has 148 valence electrons. The predicted octanol–water partition coefficient (Wildman–Crippen LogP) is 1.99. The zero-order valence-corrected chi connectivity index (χ0v) is 15.8. The average molecular weight is 383 g/mol. The predicted molar refractivity (Wildman–Crippen MR) is 104 cm³/mol. The highest BCUT2D eigenvalue weighted by Crippen LogP contribution is 2.26. The van der Waals surface area contributed by atoms with Gasteiger partial charge in [0.25, 0.3) is 0 Å². The third kappa shape index (κ3) is 5.29. The van der Waals surface area contributed by atoms with Gasteiger partial charge in [0.05, 0.1) is 18.7 Å². The minimum atomic E-state index is -0.654. The Morgan fingerprint density at radius 3 is 2.79 bits per heavy atom. The lowest BCUT2D eigenvalue weighted by atomic mass is 9.83. The molecule has 1 aromatic carbocycles. The van der Waals surface area contributed by atoms with Crippen LogP contribution in [0.2, 0.25) is 0 Å². The summed E-state index contributed by atoms with van der Waals surface area (Å²) in [5.41, 5.74) is 1.60. The molecule has 0 saturated heterocycles. The molecule has 0 unspecified atom stereocenters. The van der Waals surface area contributed by atoms with E-state index in [1.54, 1.807) is 24.1 Å². The molecule has 1 saturated carbocycles. The maximum Gasteiger partial charge on any atom is 0.244 e. The van der Waals surface area contributed by atoms with E-state index in [0.29, 0.717) is 31.5 Å². The molecule has 2 aromatic rings. The third-order valence-corrected chi connectivity index (χ3v) is 4.98. The van der Waals surface area contributed by atoms with Crippen molar-refractivity contribution in [2.45, 2.75) is 38.0 Å². The molecule has 1 aromatic heterocycles. The topological polar surface area (TPSA) is 95.7 Å². The van der Waals surface area contributed by atoms with E-state index in [2.05, 4.69) is 10.5 Å². The lowest BCUT2D eigenvalue weighted by molar-refractivity contribution is -0.137. The minimum Gasteiger partial charge on any atom is -0.391 e. The van der Waals surface area contributed by atoms with Crippen LogP contribution in [0.5, 0.6) is 0 Å². The monoisotopic (exact) mass is 383 g/mol. The second-order valence-electron chi connectivity index (χ2n) is 7.12. The lowest BCUT2D eigenvalue weighted by Crippen LogP contribution is -2.49. The summed E-state index contributed by atoms with van der Waals surface area (Å²) >= 11 is 0. The van der Waals surface area contributed by atoms with Crippen molar-refractivity contribution in [1.82, 2.24) is 15.4 Å². The maximum absolute atomic E-state index is 12.7. The quantitative estimate of drug-likeness (QED) is 0.744. The van der Waals surface area contributed by atoms with Crippen molar-refractivity contribution in [2.75, 3.05) is 7.05 Å². The first-order valence-corrected chi connectivity index (χ1v) is 9.39. The highest BCUT2D eigenvalue weighted by atomic mass is 16.5. The van der Waals surface area contributed by atoms with E-state index in [1.165, 1.54) is 12.3 Å². The van der Waals surface area contributed by atoms with Crippen molar-refractivity contribution >= 4 is 17.9 Å². The molecule has 28 heavy (non-hydrogen) atoms. The summed E-state index contributed by atoms with van der Waals surface area (Å²) in [5, 5.41) is 16.9. The largest absolute Gasteiger partial charge is 0.391 e. The fraction of sp³-hybridized carbons (Fsp3) is 0.381. The van der Waals surface area contributed by atoms with Crippen LogP contribution in [0.15, 0.2) is 53.3 Å². The van der Waals surface area contributed by atoms with Crippen LogP contribution in [0.3, 0.4) is 0 Å². The second kappa shape index (κ2) is 9.32. The van der Waals surface area contributed by atoms with Crippen LogP contribution in [0.25, 0.3) is 6.08 Å². The number of nitrogens with zero attached hydrogens (tertiary/aromatic N) is 2. The molecular weight excluding hydrogens is 358 g/mol. The fourth-order valence-electron chi connectivity index (χ4n) is 3.45. The number of aliphatic hydroxyl groups is 1. The number of carbonyl (C=O) groups is 2. The lowest BCUT2D eigenvalue weighted by Gasteiger charge is -2.34. The molecule has 3 atom stereocenters. The number of aromatic nitrogens is 1. The summed E-state index contributed by atoms with van der Waals surface area (Å²) in [7, 11) is 1.72. The molecule has 1 aliphatic carbocycles. The van der Waals surface area contributed by atoms with Crippen LogP contribution in [-0.2, 0) is 16.1 Å². The van der Waals surface area contributed by atoms with Gasteiger partial charge in [-0.1, -0.05) is 35.5 Å². The Morgan fingerprint density at radius 1 is 1.29 bits per heavy atom. The van der Waals surface area contributed by atoms with E-state index in [9.17, 15) is 14.7 Å². The summed E-state index contributed by atoms with van der Waals surface area (Å²) in [4.78, 5) is 26.6. The van der Waals surface area contributed by atoms with Crippen molar-refractivity contribution in [1.29, 1.82) is 0 Å². The highest BCUT2D eigenvalue weighted by molar-refractivity contribution is 5.92. The standard InChI is InChI=1S/C21H25N3O4/c1-24(14-17-11-12-28-23-17)21(27)16-8-9-19(25)18(13-16)22-20(26)10-7-15-5-3-2-4-6-15/h2-7,10-12,16,18-19,25H,8-9,13-14H2,1H3,(H,22,26)/b10-7+/t16-,18+,19+/m0/s1. The van der Waals surface area contributed by atoms with Gasteiger partial charge in [-0.2, -0.15) is 0 Å². The van der Waals surface area contributed by atoms with Gasteiger partial charge in [-0.3, -0.25) is 9.59 Å². The number of amides is 2. The van der Waals surface area contributed by atoms with Gasteiger partial charge >= 0.3 is 0 Å². The molecule has 1 aliphatic rings. The van der Waals surface area contributed by atoms with Gasteiger partial charge in [-0.15, -0.1) is 0 Å². The van der Waals surface area contributed by atoms with Crippen LogP contribution < -0.4 is 5.32 Å². The number of aliphatic hydroxyl groups excluding tert-OH is 1. The molecule has 2 N–H and O–H groups in total.